The Kier molecular flexibility index (Phi) is 5.36. The fraction of sp³-hybridized carbons (Fsp3) is 0.0625. The van der Waals surface area contributed by atoms with Gasteiger partial charge in [-0.3, -0.25) is 4.72 Å². The van der Waals surface area contributed by atoms with Gasteiger partial charge in [0.25, 0.3) is 10.0 Å². The van der Waals surface area contributed by atoms with Crippen LogP contribution in [0.5, 0.6) is 0 Å². The number of anilines is 1. The van der Waals surface area contributed by atoms with Gasteiger partial charge in [-0.25, -0.2) is 13.2 Å². The van der Waals surface area contributed by atoms with E-state index in [1.807, 2.05) is 0 Å². The summed E-state index contributed by atoms with van der Waals surface area (Å²) >= 11 is 3.06. The second kappa shape index (κ2) is 7.48. The number of nitrogens with one attached hydrogen (secondary N) is 1. The van der Waals surface area contributed by atoms with E-state index in [9.17, 15) is 26.4 Å². The highest BCUT2D eigenvalue weighted by Crippen LogP contribution is 2.30. The van der Waals surface area contributed by atoms with E-state index in [0.29, 0.717) is 0 Å². The highest BCUT2D eigenvalue weighted by Gasteiger charge is 2.38. The molecule has 1 heterocycles. The lowest BCUT2D eigenvalue weighted by molar-refractivity contribution is -0.159. The first-order valence-electron chi connectivity index (χ1n) is 7.54. The maximum atomic E-state index is 12.6. The minimum atomic E-state index is -4.78. The molecule has 0 radical (unpaired) electrons. The number of carbonyl (C=O) groups is 1. The van der Waals surface area contributed by atoms with Crippen LogP contribution < -0.4 is 4.72 Å². The van der Waals surface area contributed by atoms with Crippen LogP contribution in [0.25, 0.3) is 11.4 Å². The summed E-state index contributed by atoms with van der Waals surface area (Å²) in [7, 11) is -4.15. The number of carboxylic acids is 1. The lowest BCUT2D eigenvalue weighted by atomic mass is 10.2. The number of sulfonamides is 1. The molecule has 0 spiro atoms. The van der Waals surface area contributed by atoms with E-state index in [1.165, 1.54) is 36.4 Å². The Morgan fingerprint density at radius 2 is 1.79 bits per heavy atom. The average molecular weight is 492 g/mol. The van der Waals surface area contributed by atoms with Gasteiger partial charge < -0.3 is 9.63 Å². The number of halogens is 4. The van der Waals surface area contributed by atoms with Crippen LogP contribution >= 0.6 is 15.9 Å². The number of alkyl halides is 3. The Balaban J connectivity index is 1.85. The summed E-state index contributed by atoms with van der Waals surface area (Å²) in [5, 5.41) is 12.3. The zero-order valence-electron chi connectivity index (χ0n) is 13.9. The molecule has 152 valence electrons. The lowest BCUT2D eigenvalue weighted by Gasteiger charge is -2.10. The molecule has 8 nitrogen and oxygen atoms in total. The molecule has 0 bridgehead atoms. The van der Waals surface area contributed by atoms with Crippen molar-refractivity contribution in [1.82, 2.24) is 10.1 Å². The number of aromatic nitrogens is 2. The van der Waals surface area contributed by atoms with Gasteiger partial charge in [0.2, 0.25) is 5.82 Å². The number of carboxylic acid groups (broad SMARTS) is 1. The molecule has 0 unspecified atom stereocenters. The fourth-order valence-electron chi connectivity index (χ4n) is 2.20. The molecule has 2 aromatic carbocycles. The predicted molar refractivity (Wildman–Crippen MR) is 96.6 cm³/mol. The largest absolute Gasteiger partial charge is 0.478 e. The molecule has 0 aliphatic rings. The first-order valence-corrected chi connectivity index (χ1v) is 9.82. The van der Waals surface area contributed by atoms with Crippen molar-refractivity contribution in [2.24, 2.45) is 0 Å². The molecule has 0 amide bonds. The van der Waals surface area contributed by atoms with E-state index in [1.54, 1.807) is 0 Å². The van der Waals surface area contributed by atoms with Crippen LogP contribution in [-0.2, 0) is 16.2 Å². The maximum Gasteiger partial charge on any atom is 0.471 e. The Hall–Kier alpha value is -2.93. The molecule has 13 heteroatoms. The Morgan fingerprint density at radius 1 is 1.14 bits per heavy atom. The van der Waals surface area contributed by atoms with Gasteiger partial charge in [0.1, 0.15) is 4.90 Å². The topological polar surface area (TPSA) is 122 Å². The molecule has 0 aliphatic carbocycles. The van der Waals surface area contributed by atoms with Crippen LogP contribution in [0.3, 0.4) is 0 Å². The molecule has 29 heavy (non-hydrogen) atoms. The fourth-order valence-corrected chi connectivity index (χ4v) is 4.24. The van der Waals surface area contributed by atoms with Crippen LogP contribution in [0.4, 0.5) is 18.9 Å². The Morgan fingerprint density at radius 3 is 2.34 bits per heavy atom. The lowest BCUT2D eigenvalue weighted by Crippen LogP contribution is -2.14. The summed E-state index contributed by atoms with van der Waals surface area (Å²) in [6, 6.07) is 8.67. The molecule has 0 saturated heterocycles. The molecule has 0 atom stereocenters. The van der Waals surface area contributed by atoms with Crippen molar-refractivity contribution < 1.29 is 36.0 Å². The smallest absolute Gasteiger partial charge is 0.471 e. The van der Waals surface area contributed by atoms with Crippen LogP contribution in [-0.4, -0.2) is 29.6 Å². The average Bonchev–Trinajstić information content (AvgIpc) is 3.12. The van der Waals surface area contributed by atoms with Crippen molar-refractivity contribution >= 4 is 37.6 Å². The van der Waals surface area contributed by atoms with Crippen LogP contribution in [0.15, 0.2) is 56.4 Å². The Bertz CT molecular complexity index is 1180. The number of hydrogen-bond acceptors (Lipinski definition) is 6. The van der Waals surface area contributed by atoms with Gasteiger partial charge in [0.15, 0.2) is 0 Å². The first-order chi connectivity index (χ1) is 13.5. The first kappa shape index (κ1) is 20.8. The summed E-state index contributed by atoms with van der Waals surface area (Å²) in [4.78, 5) is 14.0. The number of aromatic carboxylic acids is 1. The third kappa shape index (κ3) is 4.56. The van der Waals surface area contributed by atoms with E-state index in [2.05, 4.69) is 35.3 Å². The second-order valence-corrected chi connectivity index (χ2v) is 8.06. The van der Waals surface area contributed by atoms with Crippen molar-refractivity contribution in [1.29, 1.82) is 0 Å². The van der Waals surface area contributed by atoms with E-state index in [4.69, 9.17) is 5.11 Å². The van der Waals surface area contributed by atoms with E-state index in [-0.39, 0.29) is 32.0 Å². The minimum absolute atomic E-state index is 0.0842. The standard InChI is InChI=1S/C16H9BrF3N3O5S/c17-11-6-3-9(14(24)25)7-12(11)29(26,27)23-10-4-1-8(2-5-10)13-21-15(28-22-13)16(18,19)20/h1-7,23H,(H,24,25). The Labute approximate surface area is 169 Å². The number of nitrogens with zero attached hydrogens (tertiary/aromatic N) is 2. The van der Waals surface area contributed by atoms with Gasteiger partial charge in [-0.1, -0.05) is 5.16 Å². The van der Waals surface area contributed by atoms with E-state index < -0.39 is 28.1 Å². The number of hydrogen-bond donors (Lipinski definition) is 2. The zero-order chi connectivity index (χ0) is 21.4. The molecule has 1 aromatic heterocycles. The van der Waals surface area contributed by atoms with Gasteiger partial charge >= 0.3 is 18.0 Å². The molecule has 0 aliphatic heterocycles. The van der Waals surface area contributed by atoms with Crippen LogP contribution in [0.1, 0.15) is 16.2 Å². The van der Waals surface area contributed by atoms with Gasteiger partial charge in [-0.2, -0.15) is 18.2 Å². The summed E-state index contributed by atoms with van der Waals surface area (Å²) < 4.78 is 69.3. The summed E-state index contributed by atoms with van der Waals surface area (Å²) in [5.74, 6) is -3.11. The van der Waals surface area contributed by atoms with Gasteiger partial charge in [0, 0.05) is 15.7 Å². The molecule has 0 saturated carbocycles. The highest BCUT2D eigenvalue weighted by molar-refractivity contribution is 9.10. The van der Waals surface area contributed by atoms with Gasteiger partial charge in [0.05, 0.1) is 5.56 Å². The van der Waals surface area contributed by atoms with Gasteiger partial charge in [-0.15, -0.1) is 0 Å². The monoisotopic (exact) mass is 491 g/mol. The normalized spacial score (nSPS) is 12.0. The molecule has 3 aromatic rings. The van der Waals surface area contributed by atoms with Crippen molar-refractivity contribution in [2.45, 2.75) is 11.1 Å². The molecular formula is C16H9BrF3N3O5S. The maximum absolute atomic E-state index is 12.6. The minimum Gasteiger partial charge on any atom is -0.478 e. The quantitative estimate of drug-likeness (QED) is 0.552. The predicted octanol–water partition coefficient (Wildman–Crippen LogP) is 4.02. The summed E-state index contributed by atoms with van der Waals surface area (Å²) in [5.41, 5.74) is 0.0312. The molecule has 0 fully saturated rings. The van der Waals surface area contributed by atoms with E-state index >= 15 is 0 Å². The molecular weight excluding hydrogens is 483 g/mol. The van der Waals surface area contributed by atoms with E-state index in [0.717, 1.165) is 6.07 Å². The molecule has 3 rings (SSSR count). The third-order valence-corrected chi connectivity index (χ3v) is 5.91. The summed E-state index contributed by atoms with van der Waals surface area (Å²) in [6.45, 7) is 0. The van der Waals surface area contributed by atoms with Crippen molar-refractivity contribution in [3.63, 3.8) is 0 Å². The van der Waals surface area contributed by atoms with Crippen LogP contribution in [0, 0.1) is 0 Å². The SMILES string of the molecule is O=C(O)c1ccc(Br)c(S(=O)(=O)Nc2ccc(-c3noc(C(F)(F)F)n3)cc2)c1. The van der Waals surface area contributed by atoms with Crippen molar-refractivity contribution in [3.8, 4) is 11.4 Å². The highest BCUT2D eigenvalue weighted by atomic mass is 79.9. The third-order valence-electron chi connectivity index (χ3n) is 3.53. The zero-order valence-corrected chi connectivity index (χ0v) is 16.3. The van der Waals surface area contributed by atoms with Crippen molar-refractivity contribution in [3.05, 3.63) is 58.4 Å². The summed E-state index contributed by atoms with van der Waals surface area (Å²) in [6.07, 6.45) is -4.78. The number of rotatable bonds is 5. The second-order valence-electron chi connectivity index (χ2n) is 5.55. The van der Waals surface area contributed by atoms with Crippen molar-refractivity contribution in [2.75, 3.05) is 4.72 Å². The van der Waals surface area contributed by atoms with Crippen LogP contribution in [0.2, 0.25) is 0 Å². The number of benzene rings is 2. The van der Waals surface area contributed by atoms with Gasteiger partial charge in [-0.05, 0) is 58.4 Å². The molecule has 2 N–H and O–H groups in total.